The van der Waals surface area contributed by atoms with E-state index in [4.69, 9.17) is 5.11 Å². The van der Waals surface area contributed by atoms with Crippen LogP contribution in [0.25, 0.3) is 0 Å². The summed E-state index contributed by atoms with van der Waals surface area (Å²) in [6.07, 6.45) is 31.6. The minimum absolute atomic E-state index is 0.342. The Balaban J connectivity index is 3.06. The minimum atomic E-state index is -0.654. The summed E-state index contributed by atoms with van der Waals surface area (Å²) in [7, 11) is 0. The standard InChI is InChI=1S/C25H48O2/c1-2-3-4-5-6-7-8-9-10-11-12-13-14-15-16-17-18-19-20-21-22-23-24-25(26)27/h9-10H,2-8,11-24H2,1H3,(H,26,27)/b10-9+. The number of carbonyl (C=O) groups is 1. The first-order valence-electron chi connectivity index (χ1n) is 12.1. The molecular formula is C25H48O2. The van der Waals surface area contributed by atoms with Crippen LogP contribution in [0.4, 0.5) is 0 Å². The van der Waals surface area contributed by atoms with Crippen LogP contribution in [0.5, 0.6) is 0 Å². The van der Waals surface area contributed by atoms with Crippen LogP contribution in [0, 0.1) is 0 Å². The maximum Gasteiger partial charge on any atom is 0.303 e. The van der Waals surface area contributed by atoms with Crippen molar-refractivity contribution in [3.05, 3.63) is 12.2 Å². The third-order valence-corrected chi connectivity index (χ3v) is 5.40. The van der Waals surface area contributed by atoms with E-state index in [0.29, 0.717) is 6.42 Å². The SMILES string of the molecule is CCCCCCCC/C=C/CCCCCCCCCCCCCCC(=O)O. The van der Waals surface area contributed by atoms with Crippen molar-refractivity contribution in [2.75, 3.05) is 0 Å². The van der Waals surface area contributed by atoms with Crippen LogP contribution in [-0.4, -0.2) is 11.1 Å². The number of aliphatic carboxylic acids is 1. The van der Waals surface area contributed by atoms with Gasteiger partial charge in [-0.2, -0.15) is 0 Å². The molecule has 0 saturated carbocycles. The molecule has 0 aliphatic heterocycles. The third-order valence-electron chi connectivity index (χ3n) is 5.40. The van der Waals surface area contributed by atoms with Gasteiger partial charge in [0.15, 0.2) is 0 Å². The molecule has 160 valence electrons. The van der Waals surface area contributed by atoms with E-state index in [-0.39, 0.29) is 0 Å². The number of unbranched alkanes of at least 4 members (excludes halogenated alkanes) is 18. The highest BCUT2D eigenvalue weighted by molar-refractivity contribution is 5.66. The van der Waals surface area contributed by atoms with E-state index in [1.807, 2.05) is 0 Å². The van der Waals surface area contributed by atoms with E-state index in [2.05, 4.69) is 19.1 Å². The lowest BCUT2D eigenvalue weighted by molar-refractivity contribution is -0.137. The summed E-state index contributed by atoms with van der Waals surface area (Å²) in [4.78, 5) is 10.4. The first-order valence-corrected chi connectivity index (χ1v) is 12.1. The van der Waals surface area contributed by atoms with Crippen molar-refractivity contribution in [1.29, 1.82) is 0 Å². The Labute approximate surface area is 170 Å². The van der Waals surface area contributed by atoms with Gasteiger partial charge in [-0.1, -0.05) is 115 Å². The van der Waals surface area contributed by atoms with Crippen molar-refractivity contribution in [2.45, 2.75) is 142 Å². The van der Waals surface area contributed by atoms with Crippen molar-refractivity contribution >= 4 is 5.97 Å². The van der Waals surface area contributed by atoms with Gasteiger partial charge in [0.2, 0.25) is 0 Å². The van der Waals surface area contributed by atoms with Gasteiger partial charge >= 0.3 is 5.97 Å². The van der Waals surface area contributed by atoms with Crippen LogP contribution in [0.2, 0.25) is 0 Å². The second kappa shape index (κ2) is 23.2. The molecule has 27 heavy (non-hydrogen) atoms. The molecular weight excluding hydrogens is 332 g/mol. The van der Waals surface area contributed by atoms with Crippen LogP contribution in [0.1, 0.15) is 142 Å². The van der Waals surface area contributed by atoms with E-state index in [0.717, 1.165) is 12.8 Å². The Kier molecular flexibility index (Phi) is 22.6. The molecule has 0 amide bonds. The minimum Gasteiger partial charge on any atom is -0.481 e. The molecule has 0 aromatic rings. The van der Waals surface area contributed by atoms with Crippen LogP contribution in [0.3, 0.4) is 0 Å². The number of hydrogen-bond donors (Lipinski definition) is 1. The molecule has 0 atom stereocenters. The molecule has 0 aliphatic rings. The summed E-state index contributed by atoms with van der Waals surface area (Å²) in [6.45, 7) is 2.28. The van der Waals surface area contributed by atoms with Crippen LogP contribution >= 0.6 is 0 Å². The van der Waals surface area contributed by atoms with E-state index in [1.165, 1.54) is 116 Å². The van der Waals surface area contributed by atoms with Crippen molar-refractivity contribution in [3.8, 4) is 0 Å². The molecule has 0 aromatic heterocycles. The summed E-state index contributed by atoms with van der Waals surface area (Å²) in [5.41, 5.74) is 0. The molecule has 0 aromatic carbocycles. The van der Waals surface area contributed by atoms with Crippen molar-refractivity contribution < 1.29 is 9.90 Å². The number of carboxylic acids is 1. The fourth-order valence-electron chi connectivity index (χ4n) is 3.58. The highest BCUT2D eigenvalue weighted by Gasteiger charge is 1.97. The highest BCUT2D eigenvalue weighted by Crippen LogP contribution is 2.13. The Morgan fingerprint density at radius 1 is 0.556 bits per heavy atom. The Hall–Kier alpha value is -0.790. The van der Waals surface area contributed by atoms with E-state index in [1.54, 1.807) is 0 Å². The van der Waals surface area contributed by atoms with Gasteiger partial charge in [0.25, 0.3) is 0 Å². The molecule has 0 aliphatic carbocycles. The lowest BCUT2D eigenvalue weighted by atomic mass is 10.0. The average Bonchev–Trinajstić information content (AvgIpc) is 2.65. The number of allylic oxidation sites excluding steroid dienone is 2. The smallest absolute Gasteiger partial charge is 0.303 e. The first-order chi connectivity index (χ1) is 13.3. The van der Waals surface area contributed by atoms with Crippen LogP contribution < -0.4 is 0 Å². The van der Waals surface area contributed by atoms with Gasteiger partial charge in [0.05, 0.1) is 0 Å². The molecule has 2 nitrogen and oxygen atoms in total. The first kappa shape index (κ1) is 26.2. The van der Waals surface area contributed by atoms with Gasteiger partial charge < -0.3 is 5.11 Å². The molecule has 0 rings (SSSR count). The lowest BCUT2D eigenvalue weighted by Gasteiger charge is -2.02. The third kappa shape index (κ3) is 25.2. The van der Waals surface area contributed by atoms with Crippen molar-refractivity contribution in [3.63, 3.8) is 0 Å². The molecule has 0 fully saturated rings. The number of rotatable bonds is 22. The largest absolute Gasteiger partial charge is 0.481 e. The maximum absolute atomic E-state index is 10.4. The van der Waals surface area contributed by atoms with Crippen LogP contribution in [-0.2, 0) is 4.79 Å². The fraction of sp³-hybridized carbons (Fsp3) is 0.880. The van der Waals surface area contributed by atoms with Gasteiger partial charge in [0, 0.05) is 6.42 Å². The molecule has 1 N–H and O–H groups in total. The second-order valence-electron chi connectivity index (χ2n) is 8.20. The summed E-state index contributed by atoms with van der Waals surface area (Å²) < 4.78 is 0. The van der Waals surface area contributed by atoms with Crippen molar-refractivity contribution in [1.82, 2.24) is 0 Å². The molecule has 0 heterocycles. The lowest BCUT2D eigenvalue weighted by Crippen LogP contribution is -1.93. The molecule has 0 saturated heterocycles. The molecule has 0 spiro atoms. The van der Waals surface area contributed by atoms with Crippen molar-refractivity contribution in [2.24, 2.45) is 0 Å². The van der Waals surface area contributed by atoms with E-state index < -0.39 is 5.97 Å². The summed E-state index contributed by atoms with van der Waals surface area (Å²) in [5, 5.41) is 8.58. The zero-order valence-corrected chi connectivity index (χ0v) is 18.4. The monoisotopic (exact) mass is 380 g/mol. The molecule has 0 unspecified atom stereocenters. The van der Waals surface area contributed by atoms with Gasteiger partial charge in [-0.3, -0.25) is 4.79 Å². The van der Waals surface area contributed by atoms with Gasteiger partial charge in [-0.05, 0) is 32.1 Å². The normalized spacial score (nSPS) is 11.4. The van der Waals surface area contributed by atoms with E-state index >= 15 is 0 Å². The second-order valence-corrected chi connectivity index (χ2v) is 8.20. The predicted octanol–water partition coefficient (Wildman–Crippen LogP) is 8.84. The van der Waals surface area contributed by atoms with Gasteiger partial charge in [-0.25, -0.2) is 0 Å². The van der Waals surface area contributed by atoms with E-state index in [9.17, 15) is 4.79 Å². The topological polar surface area (TPSA) is 37.3 Å². The Morgan fingerprint density at radius 3 is 1.26 bits per heavy atom. The van der Waals surface area contributed by atoms with Gasteiger partial charge in [-0.15, -0.1) is 0 Å². The quantitative estimate of drug-likeness (QED) is 0.150. The number of hydrogen-bond acceptors (Lipinski definition) is 1. The fourth-order valence-corrected chi connectivity index (χ4v) is 3.58. The summed E-state index contributed by atoms with van der Waals surface area (Å²) >= 11 is 0. The number of carboxylic acid groups (broad SMARTS) is 1. The maximum atomic E-state index is 10.4. The van der Waals surface area contributed by atoms with Gasteiger partial charge in [0.1, 0.15) is 0 Å². The summed E-state index contributed by atoms with van der Waals surface area (Å²) in [5.74, 6) is -0.654. The molecule has 2 heteroatoms. The Bertz CT molecular complexity index is 322. The predicted molar refractivity (Wildman–Crippen MR) is 119 cm³/mol. The zero-order chi connectivity index (χ0) is 19.8. The molecule has 0 bridgehead atoms. The highest BCUT2D eigenvalue weighted by atomic mass is 16.4. The Morgan fingerprint density at radius 2 is 0.889 bits per heavy atom. The van der Waals surface area contributed by atoms with Crippen LogP contribution in [0.15, 0.2) is 12.2 Å². The summed E-state index contributed by atoms with van der Waals surface area (Å²) in [6, 6.07) is 0. The molecule has 0 radical (unpaired) electrons. The average molecular weight is 381 g/mol. The zero-order valence-electron chi connectivity index (χ0n) is 18.4.